The van der Waals surface area contributed by atoms with Gasteiger partial charge in [-0.2, -0.15) is 0 Å². The number of hydrogen-bond acceptors (Lipinski definition) is 4. The molecule has 1 aliphatic heterocycles. The highest BCUT2D eigenvalue weighted by Gasteiger charge is 2.40. The Balaban J connectivity index is 1.64. The van der Waals surface area contributed by atoms with Crippen molar-refractivity contribution in [3.63, 3.8) is 0 Å². The highest BCUT2D eigenvalue weighted by Crippen LogP contribution is 2.36. The molecule has 2 fully saturated rings. The second-order valence-electron chi connectivity index (χ2n) is 5.46. The summed E-state index contributed by atoms with van der Waals surface area (Å²) in [7, 11) is 0. The van der Waals surface area contributed by atoms with Crippen LogP contribution >= 0.6 is 0 Å². The van der Waals surface area contributed by atoms with Gasteiger partial charge in [0.15, 0.2) is 6.10 Å². The van der Waals surface area contributed by atoms with Crippen LogP contribution in [0.2, 0.25) is 0 Å². The van der Waals surface area contributed by atoms with E-state index in [9.17, 15) is 4.79 Å². The van der Waals surface area contributed by atoms with Crippen molar-refractivity contribution in [2.24, 2.45) is 5.92 Å². The first kappa shape index (κ1) is 13.4. The SMILES string of the molecule is C[C@@H](Oc1cccnc1)C(=O)N1CCOC[C@H]1C1CC1. The Kier molecular flexibility index (Phi) is 3.87. The van der Waals surface area contributed by atoms with Gasteiger partial charge in [-0.15, -0.1) is 0 Å². The van der Waals surface area contributed by atoms with E-state index < -0.39 is 6.10 Å². The molecule has 0 N–H and O–H groups in total. The molecule has 1 aromatic heterocycles. The average molecular weight is 276 g/mol. The van der Waals surface area contributed by atoms with Gasteiger partial charge >= 0.3 is 0 Å². The molecule has 1 aliphatic carbocycles. The van der Waals surface area contributed by atoms with Crippen LogP contribution in [0.15, 0.2) is 24.5 Å². The van der Waals surface area contributed by atoms with Gasteiger partial charge in [-0.3, -0.25) is 9.78 Å². The quantitative estimate of drug-likeness (QED) is 0.836. The van der Waals surface area contributed by atoms with Crippen molar-refractivity contribution in [1.29, 1.82) is 0 Å². The van der Waals surface area contributed by atoms with E-state index in [4.69, 9.17) is 9.47 Å². The van der Waals surface area contributed by atoms with Crippen molar-refractivity contribution in [3.8, 4) is 5.75 Å². The standard InChI is InChI=1S/C15H20N2O3/c1-11(20-13-3-2-6-16-9-13)15(18)17-7-8-19-10-14(17)12-4-5-12/h2-3,6,9,11-12,14H,4-5,7-8,10H2,1H3/t11-,14+/m1/s1. The van der Waals surface area contributed by atoms with Crippen molar-refractivity contribution in [2.45, 2.75) is 31.9 Å². The summed E-state index contributed by atoms with van der Waals surface area (Å²) in [6, 6.07) is 3.85. The minimum absolute atomic E-state index is 0.0500. The summed E-state index contributed by atoms with van der Waals surface area (Å²) in [5.41, 5.74) is 0. The van der Waals surface area contributed by atoms with E-state index >= 15 is 0 Å². The molecule has 2 heterocycles. The number of amides is 1. The molecule has 20 heavy (non-hydrogen) atoms. The van der Waals surface area contributed by atoms with E-state index in [1.807, 2.05) is 11.0 Å². The first-order valence-corrected chi connectivity index (χ1v) is 7.20. The van der Waals surface area contributed by atoms with Crippen LogP contribution in [-0.4, -0.2) is 47.7 Å². The van der Waals surface area contributed by atoms with Crippen molar-refractivity contribution < 1.29 is 14.3 Å². The minimum atomic E-state index is -0.487. The van der Waals surface area contributed by atoms with Gasteiger partial charge in [0.2, 0.25) is 0 Å². The Morgan fingerprint density at radius 2 is 2.40 bits per heavy atom. The van der Waals surface area contributed by atoms with Crippen molar-refractivity contribution in [1.82, 2.24) is 9.88 Å². The van der Waals surface area contributed by atoms with E-state index in [0.717, 1.165) is 0 Å². The van der Waals surface area contributed by atoms with Gasteiger partial charge in [0.05, 0.1) is 25.5 Å². The topological polar surface area (TPSA) is 51.7 Å². The molecule has 2 atom stereocenters. The maximum Gasteiger partial charge on any atom is 0.263 e. The summed E-state index contributed by atoms with van der Waals surface area (Å²) in [6.07, 6.45) is 5.23. The molecule has 2 aliphatic rings. The number of carbonyl (C=O) groups is 1. The molecule has 1 saturated heterocycles. The number of morpholine rings is 1. The fourth-order valence-electron chi connectivity index (χ4n) is 2.67. The molecule has 0 bridgehead atoms. The van der Waals surface area contributed by atoms with Crippen LogP contribution in [0.25, 0.3) is 0 Å². The lowest BCUT2D eigenvalue weighted by Crippen LogP contribution is -2.53. The minimum Gasteiger partial charge on any atom is -0.479 e. The lowest BCUT2D eigenvalue weighted by atomic mass is 10.1. The number of rotatable bonds is 4. The van der Waals surface area contributed by atoms with Crippen LogP contribution in [0, 0.1) is 5.92 Å². The third kappa shape index (κ3) is 2.93. The van der Waals surface area contributed by atoms with Crippen LogP contribution in [0.5, 0.6) is 5.75 Å². The van der Waals surface area contributed by atoms with Crippen molar-refractivity contribution in [3.05, 3.63) is 24.5 Å². The van der Waals surface area contributed by atoms with E-state index in [-0.39, 0.29) is 11.9 Å². The zero-order valence-electron chi connectivity index (χ0n) is 11.7. The average Bonchev–Trinajstić information content (AvgIpc) is 3.32. The normalized spacial score (nSPS) is 24.2. The van der Waals surface area contributed by atoms with Gasteiger partial charge in [-0.05, 0) is 37.8 Å². The van der Waals surface area contributed by atoms with E-state index in [2.05, 4.69) is 4.98 Å². The summed E-state index contributed by atoms with van der Waals surface area (Å²) in [5.74, 6) is 1.29. The Bertz CT molecular complexity index is 461. The van der Waals surface area contributed by atoms with E-state index in [1.54, 1.807) is 25.4 Å². The maximum atomic E-state index is 12.6. The number of pyridine rings is 1. The fraction of sp³-hybridized carbons (Fsp3) is 0.600. The van der Waals surface area contributed by atoms with Gasteiger partial charge in [-0.1, -0.05) is 0 Å². The summed E-state index contributed by atoms with van der Waals surface area (Å²) in [6.45, 7) is 3.75. The predicted octanol–water partition coefficient (Wildman–Crippen LogP) is 1.49. The second-order valence-corrected chi connectivity index (χ2v) is 5.46. The molecule has 1 saturated carbocycles. The first-order chi connectivity index (χ1) is 9.75. The number of aromatic nitrogens is 1. The van der Waals surface area contributed by atoms with Crippen LogP contribution in [-0.2, 0) is 9.53 Å². The molecular weight excluding hydrogens is 256 g/mol. The summed E-state index contributed by atoms with van der Waals surface area (Å²) in [4.78, 5) is 18.5. The molecule has 1 amide bonds. The van der Waals surface area contributed by atoms with Gasteiger partial charge < -0.3 is 14.4 Å². The van der Waals surface area contributed by atoms with Crippen LogP contribution < -0.4 is 4.74 Å². The molecule has 0 radical (unpaired) electrons. The largest absolute Gasteiger partial charge is 0.479 e. The highest BCUT2D eigenvalue weighted by atomic mass is 16.5. The number of hydrogen-bond donors (Lipinski definition) is 0. The molecule has 0 unspecified atom stereocenters. The number of carbonyl (C=O) groups excluding carboxylic acids is 1. The first-order valence-electron chi connectivity index (χ1n) is 7.20. The second kappa shape index (κ2) is 5.79. The molecule has 0 spiro atoms. The third-order valence-electron chi connectivity index (χ3n) is 3.91. The number of nitrogens with zero attached hydrogens (tertiary/aromatic N) is 2. The van der Waals surface area contributed by atoms with Crippen LogP contribution in [0.1, 0.15) is 19.8 Å². The Hall–Kier alpha value is -1.62. The molecular formula is C15H20N2O3. The molecule has 5 heteroatoms. The van der Waals surface area contributed by atoms with Crippen LogP contribution in [0.4, 0.5) is 0 Å². The molecule has 1 aromatic rings. The fourth-order valence-corrected chi connectivity index (χ4v) is 2.67. The summed E-state index contributed by atoms with van der Waals surface area (Å²) < 4.78 is 11.2. The maximum absolute atomic E-state index is 12.6. The Morgan fingerprint density at radius 3 is 3.10 bits per heavy atom. The van der Waals surface area contributed by atoms with Crippen LogP contribution in [0.3, 0.4) is 0 Å². The highest BCUT2D eigenvalue weighted by molar-refractivity contribution is 5.81. The smallest absolute Gasteiger partial charge is 0.263 e. The lowest BCUT2D eigenvalue weighted by Gasteiger charge is -2.37. The molecule has 3 rings (SSSR count). The van der Waals surface area contributed by atoms with Gasteiger partial charge in [0.25, 0.3) is 5.91 Å². The van der Waals surface area contributed by atoms with Gasteiger partial charge in [-0.25, -0.2) is 0 Å². The summed E-state index contributed by atoms with van der Waals surface area (Å²) in [5, 5.41) is 0. The third-order valence-corrected chi connectivity index (χ3v) is 3.91. The van der Waals surface area contributed by atoms with Crippen molar-refractivity contribution in [2.75, 3.05) is 19.8 Å². The number of ether oxygens (including phenoxy) is 2. The van der Waals surface area contributed by atoms with Gasteiger partial charge in [0, 0.05) is 12.7 Å². The Morgan fingerprint density at radius 1 is 1.55 bits per heavy atom. The zero-order valence-corrected chi connectivity index (χ0v) is 11.7. The molecule has 5 nitrogen and oxygen atoms in total. The van der Waals surface area contributed by atoms with Crippen molar-refractivity contribution >= 4 is 5.91 Å². The lowest BCUT2D eigenvalue weighted by molar-refractivity contribution is -0.147. The zero-order chi connectivity index (χ0) is 13.9. The molecule has 108 valence electrons. The molecule has 0 aromatic carbocycles. The van der Waals surface area contributed by atoms with E-state index in [0.29, 0.717) is 31.4 Å². The predicted molar refractivity (Wildman–Crippen MR) is 73.4 cm³/mol. The van der Waals surface area contributed by atoms with Gasteiger partial charge in [0.1, 0.15) is 5.75 Å². The Labute approximate surface area is 118 Å². The summed E-state index contributed by atoms with van der Waals surface area (Å²) >= 11 is 0. The van der Waals surface area contributed by atoms with E-state index in [1.165, 1.54) is 12.8 Å². The monoisotopic (exact) mass is 276 g/mol.